The predicted octanol–water partition coefficient (Wildman–Crippen LogP) is 10.4. The Morgan fingerprint density at radius 3 is 1.81 bits per heavy atom. The highest BCUT2D eigenvalue weighted by Crippen LogP contribution is 2.34. The minimum absolute atomic E-state index is 0.0269. The van der Waals surface area contributed by atoms with Crippen LogP contribution in [0.3, 0.4) is 0 Å². The maximum Gasteiger partial charge on any atom is 0.252 e. The maximum atomic E-state index is 13.0. The van der Waals surface area contributed by atoms with Gasteiger partial charge >= 0.3 is 0 Å². The Kier molecular flexibility index (Phi) is 17.5. The maximum absolute atomic E-state index is 13.0. The number of aryl methyl sites for hydroxylation is 1. The van der Waals surface area contributed by atoms with Crippen LogP contribution in [-0.4, -0.2) is 12.5 Å². The summed E-state index contributed by atoms with van der Waals surface area (Å²) < 4.78 is 8.44. The van der Waals surface area contributed by atoms with Crippen LogP contribution in [-0.2, 0) is 12.0 Å². The Morgan fingerprint density at radius 1 is 0.762 bits per heavy atom. The van der Waals surface area contributed by atoms with E-state index in [0.717, 1.165) is 43.7 Å². The molecule has 0 fully saturated rings. The first-order valence-corrected chi connectivity index (χ1v) is 17.4. The molecule has 4 nitrogen and oxygen atoms in total. The fourth-order valence-corrected chi connectivity index (χ4v) is 5.63. The predicted molar refractivity (Wildman–Crippen MR) is 178 cm³/mol. The number of rotatable bonds is 22. The standard InChI is InChI=1S/C38H62N2O2/c1-7-10-11-12-13-14-15-16-17-18-19-20-21-22-30-42-36-24-23-33(31-34(36)38(4,5)6)35(9-3)39-37(41)32-25-28-40(27-8-2)29-26-32/h23-26,28-29,31,35H,7-22,27,30H2,1-6H3/p+1. The number of carbonyl (C=O) groups excluding carboxylic acids is 1. The first-order chi connectivity index (χ1) is 20.3. The van der Waals surface area contributed by atoms with E-state index in [1.165, 1.54) is 89.0 Å². The van der Waals surface area contributed by atoms with E-state index in [9.17, 15) is 4.79 Å². The van der Waals surface area contributed by atoms with Gasteiger partial charge in [0.15, 0.2) is 12.4 Å². The third-order valence-corrected chi connectivity index (χ3v) is 8.32. The zero-order valence-electron chi connectivity index (χ0n) is 28.1. The molecule has 2 aromatic rings. The number of nitrogens with one attached hydrogen (secondary N) is 1. The summed E-state index contributed by atoms with van der Waals surface area (Å²) >= 11 is 0. The van der Waals surface area contributed by atoms with Crippen molar-refractivity contribution < 1.29 is 14.1 Å². The molecule has 0 saturated heterocycles. The van der Waals surface area contributed by atoms with E-state index >= 15 is 0 Å². The van der Waals surface area contributed by atoms with Gasteiger partial charge in [0.2, 0.25) is 0 Å². The zero-order chi connectivity index (χ0) is 30.6. The molecule has 1 atom stereocenters. The average Bonchev–Trinajstić information content (AvgIpc) is 2.98. The van der Waals surface area contributed by atoms with Crippen molar-refractivity contribution in [3.63, 3.8) is 0 Å². The quantitative estimate of drug-likeness (QED) is 0.111. The summed E-state index contributed by atoms with van der Waals surface area (Å²) in [6.45, 7) is 15.0. The summed E-state index contributed by atoms with van der Waals surface area (Å²) in [4.78, 5) is 13.0. The van der Waals surface area contributed by atoms with Crippen LogP contribution < -0.4 is 14.6 Å². The Bertz CT molecular complexity index is 993. The van der Waals surface area contributed by atoms with Gasteiger partial charge in [-0.1, -0.05) is 131 Å². The van der Waals surface area contributed by atoms with Gasteiger partial charge in [-0.05, 0) is 41.5 Å². The second kappa shape index (κ2) is 20.5. The largest absolute Gasteiger partial charge is 0.493 e. The van der Waals surface area contributed by atoms with Gasteiger partial charge < -0.3 is 10.1 Å². The van der Waals surface area contributed by atoms with E-state index in [0.29, 0.717) is 5.56 Å². The molecule has 0 saturated carbocycles. The van der Waals surface area contributed by atoms with Crippen molar-refractivity contribution in [2.75, 3.05) is 6.61 Å². The minimum atomic E-state index is -0.0461. The lowest BCUT2D eigenvalue weighted by molar-refractivity contribution is -0.697. The van der Waals surface area contributed by atoms with Gasteiger partial charge in [0.05, 0.1) is 18.2 Å². The van der Waals surface area contributed by atoms with Gasteiger partial charge in [-0.3, -0.25) is 4.79 Å². The molecule has 0 aliphatic heterocycles. The molecule has 1 unspecified atom stereocenters. The Hall–Kier alpha value is -2.36. The number of unbranched alkanes of at least 4 members (excludes halogenated alkanes) is 13. The molecule has 0 aliphatic carbocycles. The summed E-state index contributed by atoms with van der Waals surface area (Å²) in [5, 5.41) is 3.26. The van der Waals surface area contributed by atoms with E-state index in [-0.39, 0.29) is 17.4 Å². The highest BCUT2D eigenvalue weighted by molar-refractivity contribution is 5.94. The summed E-state index contributed by atoms with van der Waals surface area (Å²) in [5.41, 5.74) is 3.00. The van der Waals surface area contributed by atoms with Crippen molar-refractivity contribution in [1.29, 1.82) is 0 Å². The van der Waals surface area contributed by atoms with Crippen molar-refractivity contribution >= 4 is 5.91 Å². The molecule has 1 aromatic carbocycles. The summed E-state index contributed by atoms with van der Waals surface area (Å²) in [5.74, 6) is 0.951. The van der Waals surface area contributed by atoms with Crippen LogP contribution in [0.15, 0.2) is 42.7 Å². The molecule has 1 N–H and O–H groups in total. The number of pyridine rings is 1. The van der Waals surface area contributed by atoms with Crippen LogP contribution >= 0.6 is 0 Å². The van der Waals surface area contributed by atoms with E-state index in [4.69, 9.17) is 4.74 Å². The van der Waals surface area contributed by atoms with Gasteiger partial charge in [-0.2, -0.15) is 0 Å². The molecular weight excluding hydrogens is 516 g/mol. The highest BCUT2D eigenvalue weighted by atomic mass is 16.5. The molecule has 42 heavy (non-hydrogen) atoms. The third-order valence-electron chi connectivity index (χ3n) is 8.32. The Balaban J connectivity index is 1.77. The first kappa shape index (κ1) is 35.8. The van der Waals surface area contributed by atoms with Crippen molar-refractivity contribution in [2.24, 2.45) is 0 Å². The monoisotopic (exact) mass is 579 g/mol. The van der Waals surface area contributed by atoms with E-state index in [1.54, 1.807) is 0 Å². The number of carbonyl (C=O) groups is 1. The summed E-state index contributed by atoms with van der Waals surface area (Å²) in [6, 6.07) is 10.3. The number of aromatic nitrogens is 1. The van der Waals surface area contributed by atoms with Crippen molar-refractivity contribution in [1.82, 2.24) is 5.32 Å². The molecule has 4 heteroatoms. The van der Waals surface area contributed by atoms with Crippen molar-refractivity contribution in [3.05, 3.63) is 59.4 Å². The minimum Gasteiger partial charge on any atom is -0.493 e. The van der Waals surface area contributed by atoms with Crippen LogP contribution in [0.4, 0.5) is 0 Å². The fourth-order valence-electron chi connectivity index (χ4n) is 5.63. The first-order valence-electron chi connectivity index (χ1n) is 17.4. The molecule has 1 heterocycles. The third kappa shape index (κ3) is 13.7. The van der Waals surface area contributed by atoms with Crippen LogP contribution in [0.2, 0.25) is 0 Å². The molecular formula is C38H63N2O2+. The fraction of sp³-hybridized carbons (Fsp3) is 0.684. The van der Waals surface area contributed by atoms with Gasteiger partial charge in [0.25, 0.3) is 5.91 Å². The molecule has 0 spiro atoms. The van der Waals surface area contributed by atoms with Gasteiger partial charge in [-0.15, -0.1) is 0 Å². The lowest BCUT2D eigenvalue weighted by atomic mass is 9.84. The molecule has 1 aromatic heterocycles. The molecule has 2 rings (SSSR count). The number of hydrogen-bond acceptors (Lipinski definition) is 2. The van der Waals surface area contributed by atoms with E-state index in [1.807, 2.05) is 24.5 Å². The number of benzene rings is 1. The molecule has 0 radical (unpaired) electrons. The number of amides is 1. The smallest absolute Gasteiger partial charge is 0.252 e. The highest BCUT2D eigenvalue weighted by Gasteiger charge is 2.23. The second-order valence-electron chi connectivity index (χ2n) is 13.2. The van der Waals surface area contributed by atoms with E-state index < -0.39 is 0 Å². The Labute approximate surface area is 259 Å². The molecule has 0 aliphatic rings. The molecule has 236 valence electrons. The lowest BCUT2D eigenvalue weighted by Crippen LogP contribution is -2.34. The number of nitrogens with zero attached hydrogens (tertiary/aromatic N) is 1. The molecule has 0 bridgehead atoms. The normalized spacial score (nSPS) is 12.3. The number of hydrogen-bond donors (Lipinski definition) is 1. The van der Waals surface area contributed by atoms with Crippen LogP contribution in [0.1, 0.15) is 172 Å². The molecule has 1 amide bonds. The number of ether oxygens (including phenoxy) is 1. The Morgan fingerprint density at radius 2 is 1.31 bits per heavy atom. The van der Waals surface area contributed by atoms with Gasteiger partial charge in [-0.25, -0.2) is 4.57 Å². The van der Waals surface area contributed by atoms with Crippen LogP contribution in [0.25, 0.3) is 0 Å². The van der Waals surface area contributed by atoms with Crippen molar-refractivity contribution in [2.45, 2.75) is 162 Å². The SMILES string of the molecule is CCCCCCCCCCCCCCCCOc1ccc(C(CC)NC(=O)c2cc[n+](CCC)cc2)cc1C(C)(C)C. The summed E-state index contributed by atoms with van der Waals surface area (Å²) in [7, 11) is 0. The lowest BCUT2D eigenvalue weighted by Gasteiger charge is -2.26. The summed E-state index contributed by atoms with van der Waals surface area (Å²) in [6.07, 6.45) is 25.0. The van der Waals surface area contributed by atoms with Crippen LogP contribution in [0, 0.1) is 0 Å². The second-order valence-corrected chi connectivity index (χ2v) is 13.2. The zero-order valence-corrected chi connectivity index (χ0v) is 28.1. The average molecular weight is 580 g/mol. The van der Waals surface area contributed by atoms with Crippen LogP contribution in [0.5, 0.6) is 5.75 Å². The van der Waals surface area contributed by atoms with Gasteiger partial charge in [0, 0.05) is 18.6 Å². The van der Waals surface area contributed by atoms with E-state index in [2.05, 4.69) is 69.6 Å². The van der Waals surface area contributed by atoms with Crippen molar-refractivity contribution in [3.8, 4) is 5.75 Å². The van der Waals surface area contributed by atoms with Gasteiger partial charge in [0.1, 0.15) is 12.3 Å². The topological polar surface area (TPSA) is 42.2 Å².